The van der Waals surface area contributed by atoms with Crippen molar-refractivity contribution in [2.24, 2.45) is 0 Å². The predicted octanol–water partition coefficient (Wildman–Crippen LogP) is 2.43. The largest absolute Gasteiger partial charge is 0.497 e. The molecule has 0 radical (unpaired) electrons. The van der Waals surface area contributed by atoms with Gasteiger partial charge in [0.05, 0.1) is 24.6 Å². The summed E-state index contributed by atoms with van der Waals surface area (Å²) in [5.74, 6) is 1.45. The number of aromatic nitrogens is 2. The summed E-state index contributed by atoms with van der Waals surface area (Å²) in [6, 6.07) is 13.4. The first kappa shape index (κ1) is 11.2. The highest BCUT2D eigenvalue weighted by molar-refractivity contribution is 5.82. The first-order valence-electron chi connectivity index (χ1n) is 6.45. The number of benzene rings is 2. The maximum absolute atomic E-state index is 12.6. The number of hydrogen-bond donors (Lipinski definition) is 0. The van der Waals surface area contributed by atoms with Crippen LogP contribution in [0.4, 0.5) is 0 Å². The van der Waals surface area contributed by atoms with Crippen molar-refractivity contribution in [2.75, 3.05) is 7.11 Å². The maximum Gasteiger partial charge on any atom is 0.261 e. The summed E-state index contributed by atoms with van der Waals surface area (Å²) in [4.78, 5) is 17.2. The molecular formula is C16H12N2O2. The Morgan fingerprint density at radius 2 is 2.05 bits per heavy atom. The van der Waals surface area contributed by atoms with Crippen LogP contribution in [0.1, 0.15) is 5.56 Å². The lowest BCUT2D eigenvalue weighted by Crippen LogP contribution is -2.20. The predicted molar refractivity (Wildman–Crippen MR) is 77.1 cm³/mol. The van der Waals surface area contributed by atoms with E-state index in [0.29, 0.717) is 23.2 Å². The van der Waals surface area contributed by atoms with Crippen LogP contribution in [0.25, 0.3) is 22.3 Å². The Labute approximate surface area is 115 Å². The second-order valence-electron chi connectivity index (χ2n) is 4.87. The van der Waals surface area contributed by atoms with Gasteiger partial charge in [-0.05, 0) is 17.7 Å². The van der Waals surface area contributed by atoms with Crippen LogP contribution < -0.4 is 10.3 Å². The standard InChI is InChI=1S/C16H12N2O2/c1-20-11-6-7-13-14(8-11)17-15-12-5-3-2-4-10(12)9-18(15)16(13)19/h2-8H,9H2,1H3. The molecule has 0 fully saturated rings. The summed E-state index contributed by atoms with van der Waals surface area (Å²) >= 11 is 0. The summed E-state index contributed by atoms with van der Waals surface area (Å²) in [6.07, 6.45) is 0. The Morgan fingerprint density at radius 1 is 1.20 bits per heavy atom. The quantitative estimate of drug-likeness (QED) is 0.530. The third-order valence-corrected chi connectivity index (χ3v) is 3.75. The number of fused-ring (bicyclic) bond motifs is 4. The van der Waals surface area contributed by atoms with E-state index in [1.54, 1.807) is 29.9 Å². The summed E-state index contributed by atoms with van der Waals surface area (Å²) in [6.45, 7) is 0.597. The van der Waals surface area contributed by atoms with Gasteiger partial charge in [0.1, 0.15) is 11.6 Å². The fourth-order valence-corrected chi connectivity index (χ4v) is 2.73. The third kappa shape index (κ3) is 1.42. The topological polar surface area (TPSA) is 44.1 Å². The minimum Gasteiger partial charge on any atom is -0.497 e. The van der Waals surface area contributed by atoms with Crippen LogP contribution in [-0.2, 0) is 6.54 Å². The van der Waals surface area contributed by atoms with E-state index in [1.165, 1.54) is 0 Å². The van der Waals surface area contributed by atoms with Gasteiger partial charge in [0, 0.05) is 11.6 Å². The lowest BCUT2D eigenvalue weighted by molar-refractivity contribution is 0.415. The summed E-state index contributed by atoms with van der Waals surface area (Å²) in [5, 5.41) is 0.627. The zero-order valence-corrected chi connectivity index (χ0v) is 11.0. The van der Waals surface area contributed by atoms with E-state index in [2.05, 4.69) is 4.98 Å². The minimum absolute atomic E-state index is 0.00357. The second-order valence-corrected chi connectivity index (χ2v) is 4.87. The molecule has 98 valence electrons. The molecule has 0 bridgehead atoms. The second kappa shape index (κ2) is 3.93. The van der Waals surface area contributed by atoms with E-state index in [9.17, 15) is 4.79 Å². The summed E-state index contributed by atoms with van der Waals surface area (Å²) < 4.78 is 6.94. The van der Waals surface area contributed by atoms with Gasteiger partial charge in [0.15, 0.2) is 0 Å². The van der Waals surface area contributed by atoms with Crippen molar-refractivity contribution >= 4 is 10.9 Å². The molecule has 20 heavy (non-hydrogen) atoms. The van der Waals surface area contributed by atoms with Crippen LogP contribution in [0.2, 0.25) is 0 Å². The fraction of sp³-hybridized carbons (Fsp3) is 0.125. The molecule has 4 nitrogen and oxygen atoms in total. The van der Waals surface area contributed by atoms with Gasteiger partial charge >= 0.3 is 0 Å². The Kier molecular flexibility index (Phi) is 2.21. The SMILES string of the molecule is COc1ccc2c(=O)n3c(nc2c1)-c1ccccc1C3. The zero-order valence-electron chi connectivity index (χ0n) is 11.0. The first-order valence-corrected chi connectivity index (χ1v) is 6.45. The molecule has 2 heterocycles. The van der Waals surface area contributed by atoms with Gasteiger partial charge in [-0.1, -0.05) is 24.3 Å². The molecule has 0 saturated carbocycles. The molecule has 4 rings (SSSR count). The van der Waals surface area contributed by atoms with E-state index in [4.69, 9.17) is 4.74 Å². The molecule has 0 aliphatic carbocycles. The highest BCUT2D eigenvalue weighted by Crippen LogP contribution is 2.30. The fourth-order valence-electron chi connectivity index (χ4n) is 2.73. The van der Waals surface area contributed by atoms with Crippen LogP contribution in [0.5, 0.6) is 5.75 Å². The van der Waals surface area contributed by atoms with E-state index in [0.717, 1.165) is 17.0 Å². The Morgan fingerprint density at radius 3 is 2.90 bits per heavy atom. The molecule has 0 N–H and O–H groups in total. The lowest BCUT2D eigenvalue weighted by Gasteiger charge is -2.06. The van der Waals surface area contributed by atoms with Crippen molar-refractivity contribution in [1.29, 1.82) is 0 Å². The van der Waals surface area contributed by atoms with Crippen molar-refractivity contribution < 1.29 is 4.74 Å². The number of ether oxygens (including phenoxy) is 1. The molecule has 0 atom stereocenters. The molecule has 1 aliphatic rings. The van der Waals surface area contributed by atoms with Crippen LogP contribution >= 0.6 is 0 Å². The Hall–Kier alpha value is -2.62. The average molecular weight is 264 g/mol. The normalized spacial score (nSPS) is 12.2. The van der Waals surface area contributed by atoms with Gasteiger partial charge in [-0.25, -0.2) is 4.98 Å². The van der Waals surface area contributed by atoms with Crippen molar-refractivity contribution in [3.05, 3.63) is 58.4 Å². The highest BCUT2D eigenvalue weighted by Gasteiger charge is 2.21. The van der Waals surface area contributed by atoms with Crippen LogP contribution in [0.15, 0.2) is 47.3 Å². The van der Waals surface area contributed by atoms with E-state index in [-0.39, 0.29) is 5.56 Å². The average Bonchev–Trinajstić information content (AvgIpc) is 2.86. The number of nitrogens with zero attached hydrogens (tertiary/aromatic N) is 2. The monoisotopic (exact) mass is 264 g/mol. The summed E-state index contributed by atoms with van der Waals surface area (Å²) in [5.41, 5.74) is 2.86. The maximum atomic E-state index is 12.6. The molecule has 1 aliphatic heterocycles. The number of hydrogen-bond acceptors (Lipinski definition) is 3. The smallest absolute Gasteiger partial charge is 0.261 e. The third-order valence-electron chi connectivity index (χ3n) is 3.75. The van der Waals surface area contributed by atoms with Crippen LogP contribution in [-0.4, -0.2) is 16.7 Å². The molecule has 1 aromatic heterocycles. The van der Waals surface area contributed by atoms with Crippen molar-refractivity contribution in [1.82, 2.24) is 9.55 Å². The number of methoxy groups -OCH3 is 1. The van der Waals surface area contributed by atoms with Crippen molar-refractivity contribution in [3.63, 3.8) is 0 Å². The lowest BCUT2D eigenvalue weighted by atomic mass is 10.1. The molecule has 0 spiro atoms. The van der Waals surface area contributed by atoms with Crippen LogP contribution in [0, 0.1) is 0 Å². The molecule has 0 saturated heterocycles. The molecule has 4 heteroatoms. The van der Waals surface area contributed by atoms with Gasteiger partial charge in [-0.2, -0.15) is 0 Å². The van der Waals surface area contributed by atoms with Gasteiger partial charge in [-0.15, -0.1) is 0 Å². The van der Waals surface area contributed by atoms with Crippen molar-refractivity contribution in [3.8, 4) is 17.1 Å². The zero-order chi connectivity index (χ0) is 13.7. The van der Waals surface area contributed by atoms with Gasteiger partial charge in [0.2, 0.25) is 0 Å². The van der Waals surface area contributed by atoms with E-state index < -0.39 is 0 Å². The Bertz CT molecular complexity index is 897. The molecule has 0 unspecified atom stereocenters. The molecule has 3 aromatic rings. The van der Waals surface area contributed by atoms with Crippen molar-refractivity contribution in [2.45, 2.75) is 6.54 Å². The van der Waals surface area contributed by atoms with Gasteiger partial charge in [0.25, 0.3) is 5.56 Å². The van der Waals surface area contributed by atoms with Gasteiger partial charge < -0.3 is 4.74 Å². The minimum atomic E-state index is 0.00357. The van der Waals surface area contributed by atoms with Crippen LogP contribution in [0.3, 0.4) is 0 Å². The number of rotatable bonds is 1. The van der Waals surface area contributed by atoms with E-state index in [1.807, 2.05) is 24.3 Å². The Balaban J connectivity index is 2.08. The molecule has 0 amide bonds. The molecular weight excluding hydrogens is 252 g/mol. The summed E-state index contributed by atoms with van der Waals surface area (Å²) in [7, 11) is 1.61. The molecule has 2 aromatic carbocycles. The van der Waals surface area contributed by atoms with E-state index >= 15 is 0 Å². The van der Waals surface area contributed by atoms with Gasteiger partial charge in [-0.3, -0.25) is 9.36 Å². The highest BCUT2D eigenvalue weighted by atomic mass is 16.5. The first-order chi connectivity index (χ1) is 9.78.